The summed E-state index contributed by atoms with van der Waals surface area (Å²) in [6.45, 7) is -0.236. The molecule has 0 bridgehead atoms. The van der Waals surface area contributed by atoms with Gasteiger partial charge < -0.3 is 9.84 Å². The van der Waals surface area contributed by atoms with E-state index in [-0.39, 0.29) is 26.2 Å². The van der Waals surface area contributed by atoms with E-state index in [1.165, 1.54) is 4.90 Å². The van der Waals surface area contributed by atoms with Gasteiger partial charge in [-0.25, -0.2) is 0 Å². The molecule has 0 radical (unpaired) electrons. The van der Waals surface area contributed by atoms with E-state index < -0.39 is 11.8 Å². The molecular formula is C7H12F3NO2. The van der Waals surface area contributed by atoms with E-state index in [4.69, 9.17) is 5.11 Å². The Morgan fingerprint density at radius 3 is 2.31 bits per heavy atom. The van der Waals surface area contributed by atoms with E-state index in [1.54, 1.807) is 0 Å². The first kappa shape index (κ1) is 10.7. The Kier molecular flexibility index (Phi) is 2.84. The van der Waals surface area contributed by atoms with Gasteiger partial charge in [-0.3, -0.25) is 4.90 Å². The molecule has 0 unspecified atom stereocenters. The molecule has 3 nitrogen and oxygen atoms in total. The number of ether oxygens (including phenoxy) is 1. The van der Waals surface area contributed by atoms with Crippen molar-refractivity contribution < 1.29 is 23.0 Å². The molecule has 0 atom stereocenters. The number of hydrogen-bond donors (Lipinski definition) is 1. The summed E-state index contributed by atoms with van der Waals surface area (Å²) in [5.41, 5.74) is -2.01. The van der Waals surface area contributed by atoms with E-state index in [9.17, 15) is 13.2 Å². The lowest BCUT2D eigenvalue weighted by Crippen LogP contribution is -2.70. The van der Waals surface area contributed by atoms with Gasteiger partial charge in [-0.2, -0.15) is 13.2 Å². The third kappa shape index (κ3) is 1.79. The van der Waals surface area contributed by atoms with E-state index in [1.807, 2.05) is 0 Å². The third-order valence-electron chi connectivity index (χ3n) is 2.28. The molecule has 1 fully saturated rings. The maximum atomic E-state index is 12.4. The van der Waals surface area contributed by atoms with Gasteiger partial charge in [0.1, 0.15) is 0 Å². The summed E-state index contributed by atoms with van der Waals surface area (Å²) in [5.74, 6) is 0. The standard InChI is InChI=1S/C7H12F3NO2/c1-13-6(7(8,9)10)4-11(5-6)2-3-12/h12H,2-5H2,1H3. The van der Waals surface area contributed by atoms with E-state index in [0.717, 1.165) is 7.11 Å². The summed E-state index contributed by atoms with van der Waals surface area (Å²) in [7, 11) is 1.06. The number of nitrogens with zero attached hydrogens (tertiary/aromatic N) is 1. The fourth-order valence-electron chi connectivity index (χ4n) is 1.40. The summed E-state index contributed by atoms with van der Waals surface area (Å²) >= 11 is 0. The Hall–Kier alpha value is -0.330. The summed E-state index contributed by atoms with van der Waals surface area (Å²) in [4.78, 5) is 1.50. The molecule has 6 heteroatoms. The van der Waals surface area contributed by atoms with Crippen molar-refractivity contribution in [2.75, 3.05) is 33.4 Å². The molecule has 13 heavy (non-hydrogen) atoms. The maximum Gasteiger partial charge on any atom is 0.419 e. The van der Waals surface area contributed by atoms with Crippen LogP contribution in [-0.4, -0.2) is 55.1 Å². The van der Waals surface area contributed by atoms with Crippen LogP contribution in [0, 0.1) is 0 Å². The minimum Gasteiger partial charge on any atom is -0.395 e. The van der Waals surface area contributed by atoms with Crippen molar-refractivity contribution in [1.82, 2.24) is 4.90 Å². The van der Waals surface area contributed by atoms with Crippen LogP contribution in [0.15, 0.2) is 0 Å². The van der Waals surface area contributed by atoms with Gasteiger partial charge in [0.15, 0.2) is 5.60 Å². The number of hydrogen-bond acceptors (Lipinski definition) is 3. The predicted molar refractivity (Wildman–Crippen MR) is 39.3 cm³/mol. The van der Waals surface area contributed by atoms with Crippen LogP contribution < -0.4 is 0 Å². The zero-order valence-corrected chi connectivity index (χ0v) is 7.26. The molecule has 0 saturated carbocycles. The molecular weight excluding hydrogens is 187 g/mol. The third-order valence-corrected chi connectivity index (χ3v) is 2.28. The van der Waals surface area contributed by atoms with Crippen LogP contribution in [0.3, 0.4) is 0 Å². The Balaban J connectivity index is 2.50. The first-order valence-electron chi connectivity index (χ1n) is 3.90. The highest BCUT2D eigenvalue weighted by Crippen LogP contribution is 2.40. The Labute approximate surface area is 74.1 Å². The number of β-amino-alcohol motifs (C(OH)–C–C–N with tert-alkyl or cyclic N) is 1. The van der Waals surface area contributed by atoms with Gasteiger partial charge in [0.25, 0.3) is 0 Å². The highest BCUT2D eigenvalue weighted by Gasteiger charge is 2.62. The molecule has 1 aliphatic heterocycles. The number of likely N-dealkylation sites (tertiary alicyclic amines) is 1. The number of methoxy groups -OCH3 is 1. The summed E-state index contributed by atoms with van der Waals surface area (Å²) in [5, 5.41) is 8.48. The highest BCUT2D eigenvalue weighted by molar-refractivity contribution is 5.02. The minimum atomic E-state index is -4.33. The number of aliphatic hydroxyl groups is 1. The molecule has 1 heterocycles. The second kappa shape index (κ2) is 3.43. The second-order valence-corrected chi connectivity index (χ2v) is 3.13. The first-order valence-corrected chi connectivity index (χ1v) is 3.90. The summed E-state index contributed by atoms with van der Waals surface area (Å²) in [6, 6.07) is 0. The molecule has 1 saturated heterocycles. The van der Waals surface area contributed by atoms with Crippen LogP contribution in [0.2, 0.25) is 0 Å². The van der Waals surface area contributed by atoms with Crippen LogP contribution in [0.4, 0.5) is 13.2 Å². The number of halogens is 3. The van der Waals surface area contributed by atoms with Crippen LogP contribution in [0.5, 0.6) is 0 Å². The van der Waals surface area contributed by atoms with Crippen molar-refractivity contribution in [2.45, 2.75) is 11.8 Å². The average Bonchev–Trinajstić information content (AvgIpc) is 1.93. The highest BCUT2D eigenvalue weighted by atomic mass is 19.4. The zero-order chi connectivity index (χ0) is 10.1. The van der Waals surface area contributed by atoms with Gasteiger partial charge in [-0.1, -0.05) is 0 Å². The van der Waals surface area contributed by atoms with Crippen molar-refractivity contribution in [3.05, 3.63) is 0 Å². The Morgan fingerprint density at radius 1 is 1.46 bits per heavy atom. The second-order valence-electron chi connectivity index (χ2n) is 3.13. The maximum absolute atomic E-state index is 12.4. The van der Waals surface area contributed by atoms with Crippen LogP contribution in [0.25, 0.3) is 0 Å². The van der Waals surface area contributed by atoms with Crippen molar-refractivity contribution in [1.29, 1.82) is 0 Å². The fraction of sp³-hybridized carbons (Fsp3) is 1.00. The molecule has 0 spiro atoms. The van der Waals surface area contributed by atoms with Crippen molar-refractivity contribution in [3.63, 3.8) is 0 Å². The number of rotatable bonds is 3. The predicted octanol–water partition coefficient (Wildman–Crippen LogP) is 0.242. The van der Waals surface area contributed by atoms with Crippen LogP contribution in [-0.2, 0) is 4.74 Å². The SMILES string of the molecule is COC1(C(F)(F)F)CN(CCO)C1. The molecule has 0 aromatic rings. The Morgan fingerprint density at radius 2 is 2.00 bits per heavy atom. The number of aliphatic hydroxyl groups excluding tert-OH is 1. The first-order chi connectivity index (χ1) is 5.95. The Bertz CT molecular complexity index is 177. The monoisotopic (exact) mass is 199 g/mol. The lowest BCUT2D eigenvalue weighted by atomic mass is 9.93. The van der Waals surface area contributed by atoms with E-state index in [2.05, 4.69) is 4.74 Å². The topological polar surface area (TPSA) is 32.7 Å². The molecule has 1 rings (SSSR count). The van der Waals surface area contributed by atoms with Gasteiger partial charge in [-0.15, -0.1) is 0 Å². The zero-order valence-electron chi connectivity index (χ0n) is 7.26. The van der Waals surface area contributed by atoms with Gasteiger partial charge in [-0.05, 0) is 0 Å². The normalized spacial score (nSPS) is 22.8. The largest absolute Gasteiger partial charge is 0.419 e. The van der Waals surface area contributed by atoms with Gasteiger partial charge in [0, 0.05) is 26.7 Å². The lowest BCUT2D eigenvalue weighted by molar-refractivity contribution is -0.311. The molecule has 0 aliphatic carbocycles. The van der Waals surface area contributed by atoms with E-state index in [0.29, 0.717) is 0 Å². The van der Waals surface area contributed by atoms with Crippen LogP contribution >= 0.6 is 0 Å². The smallest absolute Gasteiger partial charge is 0.395 e. The van der Waals surface area contributed by atoms with Crippen LogP contribution in [0.1, 0.15) is 0 Å². The molecule has 78 valence electrons. The minimum absolute atomic E-state index is 0.127. The molecule has 0 aromatic carbocycles. The van der Waals surface area contributed by atoms with Crippen molar-refractivity contribution in [3.8, 4) is 0 Å². The summed E-state index contributed by atoms with van der Waals surface area (Å²) in [6.07, 6.45) is -4.33. The number of alkyl halides is 3. The molecule has 0 aromatic heterocycles. The van der Waals surface area contributed by atoms with Crippen molar-refractivity contribution in [2.24, 2.45) is 0 Å². The fourth-order valence-corrected chi connectivity index (χ4v) is 1.40. The molecule has 1 N–H and O–H groups in total. The van der Waals surface area contributed by atoms with Gasteiger partial charge in [0.2, 0.25) is 0 Å². The molecule has 1 aliphatic rings. The lowest BCUT2D eigenvalue weighted by Gasteiger charge is -2.49. The molecule has 0 amide bonds. The quantitative estimate of drug-likeness (QED) is 0.706. The summed E-state index contributed by atoms with van der Waals surface area (Å²) < 4.78 is 41.5. The van der Waals surface area contributed by atoms with E-state index >= 15 is 0 Å². The average molecular weight is 199 g/mol. The van der Waals surface area contributed by atoms with Gasteiger partial charge >= 0.3 is 6.18 Å². The van der Waals surface area contributed by atoms with Gasteiger partial charge in [0.05, 0.1) is 6.61 Å². The van der Waals surface area contributed by atoms with Crippen molar-refractivity contribution >= 4 is 0 Å².